The SMILES string of the molecule is COc1ccc(C)cc1S(=O)(=O)N(CC(=O)Nc1ccc(F)c(F)c1F)c1ccc(Cl)cc1. The van der Waals surface area contributed by atoms with Gasteiger partial charge < -0.3 is 10.1 Å². The molecule has 6 nitrogen and oxygen atoms in total. The van der Waals surface area contributed by atoms with Crippen LogP contribution in [0.2, 0.25) is 5.02 Å². The molecule has 0 aliphatic carbocycles. The summed E-state index contributed by atoms with van der Waals surface area (Å²) in [6, 6.07) is 11.6. The highest BCUT2D eigenvalue weighted by Gasteiger charge is 2.30. The van der Waals surface area contributed by atoms with Gasteiger partial charge in [-0.15, -0.1) is 0 Å². The number of carbonyl (C=O) groups excluding carboxylic acids is 1. The minimum atomic E-state index is -4.37. The summed E-state index contributed by atoms with van der Waals surface area (Å²) < 4.78 is 73.7. The molecule has 0 saturated carbocycles. The average Bonchev–Trinajstić information content (AvgIpc) is 2.78. The number of ether oxygens (including phenoxy) is 1. The van der Waals surface area contributed by atoms with Crippen molar-refractivity contribution in [3.63, 3.8) is 0 Å². The predicted octanol–water partition coefficient (Wildman–Crippen LogP) is 4.91. The molecule has 0 unspecified atom stereocenters. The van der Waals surface area contributed by atoms with Crippen LogP contribution in [0, 0.1) is 24.4 Å². The van der Waals surface area contributed by atoms with Gasteiger partial charge in [0.2, 0.25) is 5.91 Å². The molecule has 0 saturated heterocycles. The van der Waals surface area contributed by atoms with Gasteiger partial charge in [0.15, 0.2) is 17.5 Å². The van der Waals surface area contributed by atoms with Crippen LogP contribution in [-0.4, -0.2) is 28.0 Å². The quantitative estimate of drug-likeness (QED) is 0.470. The van der Waals surface area contributed by atoms with Gasteiger partial charge >= 0.3 is 0 Å². The van der Waals surface area contributed by atoms with Crippen LogP contribution in [-0.2, 0) is 14.8 Å². The Morgan fingerprint density at radius 2 is 1.70 bits per heavy atom. The average molecular weight is 499 g/mol. The fourth-order valence-electron chi connectivity index (χ4n) is 2.97. The molecule has 1 N–H and O–H groups in total. The van der Waals surface area contributed by atoms with Gasteiger partial charge in [0.1, 0.15) is 17.2 Å². The number of nitrogens with zero attached hydrogens (tertiary/aromatic N) is 1. The second-order valence-electron chi connectivity index (χ2n) is 6.91. The van der Waals surface area contributed by atoms with E-state index in [1.165, 1.54) is 43.5 Å². The second-order valence-corrected chi connectivity index (χ2v) is 9.18. The number of nitrogens with one attached hydrogen (secondary N) is 1. The van der Waals surface area contributed by atoms with E-state index in [4.69, 9.17) is 16.3 Å². The number of carbonyl (C=O) groups is 1. The molecule has 0 aliphatic heterocycles. The smallest absolute Gasteiger partial charge is 0.268 e. The zero-order chi connectivity index (χ0) is 24.3. The molecule has 1 amide bonds. The van der Waals surface area contributed by atoms with Gasteiger partial charge in [0.05, 0.1) is 18.5 Å². The number of hydrogen-bond acceptors (Lipinski definition) is 4. The summed E-state index contributed by atoms with van der Waals surface area (Å²) in [7, 11) is -3.07. The van der Waals surface area contributed by atoms with Crippen LogP contribution >= 0.6 is 11.6 Å². The van der Waals surface area contributed by atoms with Crippen LogP contribution in [0.1, 0.15) is 5.56 Å². The number of benzene rings is 3. The van der Waals surface area contributed by atoms with Gasteiger partial charge in [-0.05, 0) is 61.0 Å². The molecule has 0 fully saturated rings. The van der Waals surface area contributed by atoms with Gasteiger partial charge in [0.25, 0.3) is 10.0 Å². The summed E-state index contributed by atoms with van der Waals surface area (Å²) in [6.07, 6.45) is 0. The number of rotatable bonds is 7. The van der Waals surface area contributed by atoms with E-state index in [0.29, 0.717) is 16.7 Å². The van der Waals surface area contributed by atoms with Gasteiger partial charge in [-0.25, -0.2) is 21.6 Å². The molecule has 0 atom stereocenters. The third-order valence-electron chi connectivity index (χ3n) is 4.60. The van der Waals surface area contributed by atoms with E-state index in [9.17, 15) is 26.4 Å². The van der Waals surface area contributed by atoms with Crippen LogP contribution in [0.4, 0.5) is 24.5 Å². The first-order valence-electron chi connectivity index (χ1n) is 9.41. The fourth-order valence-corrected chi connectivity index (χ4v) is 4.76. The Labute approximate surface area is 193 Å². The zero-order valence-corrected chi connectivity index (χ0v) is 19.0. The fraction of sp³-hybridized carbons (Fsp3) is 0.136. The summed E-state index contributed by atoms with van der Waals surface area (Å²) in [5.74, 6) is -5.75. The first-order valence-corrected chi connectivity index (χ1v) is 11.2. The lowest BCUT2D eigenvalue weighted by molar-refractivity contribution is -0.114. The van der Waals surface area contributed by atoms with Crippen molar-refractivity contribution < 1.29 is 31.1 Å². The zero-order valence-electron chi connectivity index (χ0n) is 17.4. The Kier molecular flexibility index (Phi) is 7.19. The summed E-state index contributed by atoms with van der Waals surface area (Å²) in [4.78, 5) is 12.5. The van der Waals surface area contributed by atoms with Crippen molar-refractivity contribution in [1.82, 2.24) is 0 Å². The molecule has 0 heterocycles. The molecule has 174 valence electrons. The van der Waals surface area contributed by atoms with Crippen LogP contribution in [0.25, 0.3) is 0 Å². The maximum absolute atomic E-state index is 14.0. The molecule has 0 aliphatic rings. The minimum Gasteiger partial charge on any atom is -0.495 e. The molecule has 0 radical (unpaired) electrons. The molecule has 3 aromatic rings. The van der Waals surface area contributed by atoms with Gasteiger partial charge in [-0.3, -0.25) is 9.10 Å². The molecular weight excluding hydrogens is 481 g/mol. The van der Waals surface area contributed by atoms with Crippen molar-refractivity contribution in [1.29, 1.82) is 0 Å². The van der Waals surface area contributed by atoms with Gasteiger partial charge in [0, 0.05) is 5.02 Å². The van der Waals surface area contributed by atoms with Crippen molar-refractivity contribution in [2.75, 3.05) is 23.3 Å². The number of hydrogen-bond donors (Lipinski definition) is 1. The predicted molar refractivity (Wildman–Crippen MR) is 119 cm³/mol. The van der Waals surface area contributed by atoms with Crippen LogP contribution < -0.4 is 14.4 Å². The standard InChI is InChI=1S/C22H18ClF3N2O4S/c1-13-3-10-18(32-2)19(11-13)33(30,31)28(15-6-4-14(23)5-7-15)12-20(29)27-17-9-8-16(24)21(25)22(17)26/h3-11H,12H2,1-2H3,(H,27,29). The van der Waals surface area contributed by atoms with Crippen molar-refractivity contribution in [3.8, 4) is 5.75 Å². The first-order chi connectivity index (χ1) is 15.5. The number of anilines is 2. The largest absolute Gasteiger partial charge is 0.495 e. The lowest BCUT2D eigenvalue weighted by Gasteiger charge is -2.25. The van der Waals surface area contributed by atoms with E-state index < -0.39 is 45.6 Å². The highest BCUT2D eigenvalue weighted by atomic mass is 35.5. The maximum Gasteiger partial charge on any atom is 0.268 e. The Hall–Kier alpha value is -3.24. The highest BCUT2D eigenvalue weighted by molar-refractivity contribution is 7.93. The third kappa shape index (κ3) is 5.23. The van der Waals surface area contributed by atoms with Crippen molar-refractivity contribution in [2.45, 2.75) is 11.8 Å². The van der Waals surface area contributed by atoms with E-state index in [-0.39, 0.29) is 16.3 Å². The number of halogens is 4. The molecule has 0 aromatic heterocycles. The molecule has 0 spiro atoms. The molecule has 0 bridgehead atoms. The lowest BCUT2D eigenvalue weighted by atomic mass is 10.2. The molecule has 3 aromatic carbocycles. The Morgan fingerprint density at radius 3 is 2.33 bits per heavy atom. The molecule has 11 heteroatoms. The first kappa shape index (κ1) is 24.4. The number of sulfonamides is 1. The number of aryl methyl sites for hydroxylation is 1. The molecule has 33 heavy (non-hydrogen) atoms. The summed E-state index contributed by atoms with van der Waals surface area (Å²) in [5, 5.41) is 2.40. The van der Waals surface area contributed by atoms with Crippen molar-refractivity contribution >= 4 is 38.9 Å². The monoisotopic (exact) mass is 498 g/mol. The van der Waals surface area contributed by atoms with Crippen molar-refractivity contribution in [2.24, 2.45) is 0 Å². The highest BCUT2D eigenvalue weighted by Crippen LogP contribution is 2.31. The second kappa shape index (κ2) is 9.72. The van der Waals surface area contributed by atoms with Gasteiger partial charge in [-0.2, -0.15) is 0 Å². The van der Waals surface area contributed by atoms with Crippen LogP contribution in [0.3, 0.4) is 0 Å². The molecule has 3 rings (SSSR count). The number of methoxy groups -OCH3 is 1. The topological polar surface area (TPSA) is 75.7 Å². The summed E-state index contributed by atoms with van der Waals surface area (Å²) in [6.45, 7) is 0.878. The van der Waals surface area contributed by atoms with E-state index in [2.05, 4.69) is 5.32 Å². The third-order valence-corrected chi connectivity index (χ3v) is 6.65. The Bertz CT molecular complexity index is 1300. The maximum atomic E-state index is 14.0. The number of amides is 1. The summed E-state index contributed by atoms with van der Waals surface area (Å²) in [5.41, 5.74) is 0.0723. The Balaban J connectivity index is 2.02. The van der Waals surface area contributed by atoms with E-state index in [1.54, 1.807) is 13.0 Å². The molecular formula is C22H18ClF3N2O4S. The lowest BCUT2D eigenvalue weighted by Crippen LogP contribution is -2.38. The van der Waals surface area contributed by atoms with Crippen LogP contribution in [0.5, 0.6) is 5.75 Å². The Morgan fingerprint density at radius 1 is 1.03 bits per heavy atom. The van der Waals surface area contributed by atoms with E-state index in [1.807, 2.05) is 0 Å². The normalized spacial score (nSPS) is 11.2. The summed E-state index contributed by atoms with van der Waals surface area (Å²) >= 11 is 5.90. The van der Waals surface area contributed by atoms with Crippen LogP contribution in [0.15, 0.2) is 59.5 Å². The van der Waals surface area contributed by atoms with Crippen molar-refractivity contribution in [3.05, 3.63) is 82.6 Å². The minimum absolute atomic E-state index is 0.0478. The van der Waals surface area contributed by atoms with E-state index >= 15 is 0 Å². The van der Waals surface area contributed by atoms with Gasteiger partial charge in [-0.1, -0.05) is 17.7 Å². The van der Waals surface area contributed by atoms with E-state index in [0.717, 1.165) is 10.4 Å².